The van der Waals surface area contributed by atoms with Gasteiger partial charge in [0.05, 0.1) is 13.2 Å². The number of hydrogen-bond donors (Lipinski definition) is 1. The highest BCUT2D eigenvalue weighted by Crippen LogP contribution is 2.35. The van der Waals surface area contributed by atoms with Gasteiger partial charge in [-0.3, -0.25) is 0 Å². The van der Waals surface area contributed by atoms with Gasteiger partial charge in [-0.1, -0.05) is 51.3 Å². The van der Waals surface area contributed by atoms with Crippen molar-refractivity contribution in [3.63, 3.8) is 0 Å². The summed E-state index contributed by atoms with van der Waals surface area (Å²) >= 11 is 0. The lowest BCUT2D eigenvalue weighted by Gasteiger charge is -2.42. The molecule has 6 heteroatoms. The summed E-state index contributed by atoms with van der Waals surface area (Å²) in [6, 6.07) is 7.76. The number of ether oxygens (including phenoxy) is 5. The monoisotopic (exact) mass is 426 g/mol. The molecule has 0 aliphatic carbocycles. The molecule has 0 aromatic heterocycles. The summed E-state index contributed by atoms with van der Waals surface area (Å²) in [5, 5.41) is 11.2. The standard InChI is InChI=1S/C24H42O6/c1-7-26-23(25,27-8-2)24(28-9-3,29-10-4)30-22-19-15-14-18-21(22)17-13-11-12-16-20(5)6/h14-15,18-20,25H,7-13,16-17H2,1-6H3. The van der Waals surface area contributed by atoms with E-state index in [1.807, 2.05) is 24.3 Å². The van der Waals surface area contributed by atoms with Crippen molar-refractivity contribution in [2.75, 3.05) is 26.4 Å². The first kappa shape index (κ1) is 26.9. The summed E-state index contributed by atoms with van der Waals surface area (Å²) in [5.74, 6) is -2.85. The molecule has 0 saturated carbocycles. The van der Waals surface area contributed by atoms with Gasteiger partial charge in [-0.15, -0.1) is 0 Å². The van der Waals surface area contributed by atoms with Crippen LogP contribution in [-0.2, 0) is 25.4 Å². The summed E-state index contributed by atoms with van der Waals surface area (Å²) in [6.07, 6.45) is 5.55. The van der Waals surface area contributed by atoms with Crippen LogP contribution >= 0.6 is 0 Å². The Kier molecular flexibility index (Phi) is 12.5. The third-order valence-corrected chi connectivity index (χ3v) is 4.68. The molecular weight excluding hydrogens is 384 g/mol. The Bertz CT molecular complexity index is 563. The van der Waals surface area contributed by atoms with E-state index in [0.29, 0.717) is 5.75 Å². The summed E-state index contributed by atoms with van der Waals surface area (Å²) in [7, 11) is 0. The van der Waals surface area contributed by atoms with E-state index in [1.54, 1.807) is 27.7 Å². The van der Waals surface area contributed by atoms with Gasteiger partial charge in [-0.05, 0) is 58.1 Å². The zero-order chi connectivity index (χ0) is 22.5. The first-order chi connectivity index (χ1) is 14.4. The van der Waals surface area contributed by atoms with Crippen LogP contribution in [-0.4, -0.2) is 43.5 Å². The van der Waals surface area contributed by atoms with Gasteiger partial charge in [-0.25, -0.2) is 0 Å². The largest absolute Gasteiger partial charge is 0.433 e. The van der Waals surface area contributed by atoms with Crippen LogP contribution in [0, 0.1) is 5.92 Å². The third-order valence-electron chi connectivity index (χ3n) is 4.68. The second kappa shape index (κ2) is 14.0. The minimum atomic E-state index is -2.22. The number of benzene rings is 1. The second-order valence-electron chi connectivity index (χ2n) is 7.57. The van der Waals surface area contributed by atoms with E-state index in [4.69, 9.17) is 23.7 Å². The predicted octanol–water partition coefficient (Wildman–Crippen LogP) is 5.27. The van der Waals surface area contributed by atoms with E-state index in [-0.39, 0.29) is 26.4 Å². The average Bonchev–Trinajstić information content (AvgIpc) is 2.69. The number of aliphatic hydroxyl groups is 1. The van der Waals surface area contributed by atoms with Crippen LogP contribution in [0.25, 0.3) is 0 Å². The van der Waals surface area contributed by atoms with Crippen LogP contribution < -0.4 is 4.74 Å². The minimum absolute atomic E-state index is 0.194. The number of unbranched alkanes of at least 4 members (excludes halogenated alkanes) is 2. The topological polar surface area (TPSA) is 66.4 Å². The molecule has 0 fully saturated rings. The van der Waals surface area contributed by atoms with E-state index in [2.05, 4.69) is 13.8 Å². The fourth-order valence-electron chi connectivity index (χ4n) is 3.34. The van der Waals surface area contributed by atoms with Gasteiger partial charge in [0.1, 0.15) is 5.75 Å². The van der Waals surface area contributed by atoms with Crippen LogP contribution in [0.15, 0.2) is 24.3 Å². The molecule has 0 spiro atoms. The van der Waals surface area contributed by atoms with Gasteiger partial charge in [-0.2, -0.15) is 0 Å². The van der Waals surface area contributed by atoms with Gasteiger partial charge in [0.2, 0.25) is 0 Å². The molecule has 0 aliphatic heterocycles. The summed E-state index contributed by atoms with van der Waals surface area (Å²) < 4.78 is 29.0. The SMILES string of the molecule is CCOC(O)(OCC)C(OCC)(OCC)Oc1ccccc1CCCCCC(C)C. The van der Waals surface area contributed by atoms with Crippen LogP contribution in [0.5, 0.6) is 5.75 Å². The van der Waals surface area contributed by atoms with Crippen molar-refractivity contribution in [1.82, 2.24) is 0 Å². The number of para-hydroxylation sites is 1. The lowest BCUT2D eigenvalue weighted by atomic mass is 10.0. The Labute approximate surface area is 182 Å². The van der Waals surface area contributed by atoms with Crippen LogP contribution in [0.4, 0.5) is 0 Å². The van der Waals surface area contributed by atoms with Crippen molar-refractivity contribution in [2.24, 2.45) is 5.92 Å². The minimum Gasteiger partial charge on any atom is -0.433 e. The highest BCUT2D eigenvalue weighted by molar-refractivity contribution is 5.33. The first-order valence-electron chi connectivity index (χ1n) is 11.4. The van der Waals surface area contributed by atoms with Crippen LogP contribution in [0.2, 0.25) is 0 Å². The van der Waals surface area contributed by atoms with Gasteiger partial charge >= 0.3 is 11.9 Å². The predicted molar refractivity (Wildman–Crippen MR) is 118 cm³/mol. The lowest BCUT2D eigenvalue weighted by Crippen LogP contribution is -2.64. The Balaban J connectivity index is 3.11. The molecule has 0 radical (unpaired) electrons. The molecule has 0 amide bonds. The Morgan fingerprint density at radius 3 is 1.90 bits per heavy atom. The Morgan fingerprint density at radius 2 is 1.37 bits per heavy atom. The molecule has 30 heavy (non-hydrogen) atoms. The Hall–Kier alpha value is -1.18. The van der Waals surface area contributed by atoms with Gasteiger partial charge in [0.25, 0.3) is 0 Å². The molecule has 0 saturated heterocycles. The fraction of sp³-hybridized carbons (Fsp3) is 0.750. The van der Waals surface area contributed by atoms with Crippen molar-refractivity contribution in [3.8, 4) is 5.75 Å². The molecule has 0 aliphatic rings. The second-order valence-corrected chi connectivity index (χ2v) is 7.57. The van der Waals surface area contributed by atoms with E-state index in [1.165, 1.54) is 12.8 Å². The third kappa shape index (κ3) is 7.82. The Morgan fingerprint density at radius 1 is 0.800 bits per heavy atom. The van der Waals surface area contributed by atoms with Crippen molar-refractivity contribution in [2.45, 2.75) is 85.6 Å². The number of hydrogen-bond acceptors (Lipinski definition) is 6. The zero-order valence-electron chi connectivity index (χ0n) is 19.7. The number of rotatable bonds is 17. The molecular formula is C24H42O6. The van der Waals surface area contributed by atoms with Crippen molar-refractivity contribution in [3.05, 3.63) is 29.8 Å². The summed E-state index contributed by atoms with van der Waals surface area (Å²) in [6.45, 7) is 12.5. The molecule has 0 unspecified atom stereocenters. The van der Waals surface area contributed by atoms with Gasteiger partial charge in [0, 0.05) is 13.2 Å². The van der Waals surface area contributed by atoms with E-state index < -0.39 is 11.9 Å². The van der Waals surface area contributed by atoms with Crippen molar-refractivity contribution < 1.29 is 28.8 Å². The molecule has 0 heterocycles. The fourth-order valence-corrected chi connectivity index (χ4v) is 3.34. The zero-order valence-corrected chi connectivity index (χ0v) is 19.7. The maximum absolute atomic E-state index is 11.2. The van der Waals surface area contributed by atoms with Crippen LogP contribution in [0.1, 0.15) is 72.8 Å². The van der Waals surface area contributed by atoms with E-state index in [0.717, 1.165) is 30.7 Å². The van der Waals surface area contributed by atoms with Gasteiger partial charge in [0.15, 0.2) is 0 Å². The number of aryl methyl sites for hydroxylation is 1. The molecule has 1 N–H and O–H groups in total. The lowest BCUT2D eigenvalue weighted by molar-refractivity contribution is -0.535. The first-order valence-corrected chi connectivity index (χ1v) is 11.4. The van der Waals surface area contributed by atoms with Crippen molar-refractivity contribution >= 4 is 0 Å². The van der Waals surface area contributed by atoms with Crippen molar-refractivity contribution in [1.29, 1.82) is 0 Å². The molecule has 0 atom stereocenters. The highest BCUT2D eigenvalue weighted by atomic mass is 17.0. The average molecular weight is 427 g/mol. The normalized spacial score (nSPS) is 12.5. The van der Waals surface area contributed by atoms with Gasteiger partial charge < -0.3 is 28.8 Å². The molecule has 1 rings (SSSR count). The summed E-state index contributed by atoms with van der Waals surface area (Å²) in [4.78, 5) is 0. The summed E-state index contributed by atoms with van der Waals surface area (Å²) in [5.41, 5.74) is 1.03. The van der Waals surface area contributed by atoms with E-state index in [9.17, 15) is 5.11 Å². The quantitative estimate of drug-likeness (QED) is 0.270. The highest BCUT2D eigenvalue weighted by Gasteiger charge is 2.60. The molecule has 1 aromatic carbocycles. The molecule has 0 bridgehead atoms. The van der Waals surface area contributed by atoms with Crippen LogP contribution in [0.3, 0.4) is 0 Å². The molecule has 174 valence electrons. The maximum atomic E-state index is 11.2. The molecule has 6 nitrogen and oxygen atoms in total. The smallest absolute Gasteiger partial charge is 0.414 e. The molecule has 1 aromatic rings. The van der Waals surface area contributed by atoms with E-state index >= 15 is 0 Å². The maximum Gasteiger partial charge on any atom is 0.414 e.